The molecule has 2 nitrogen and oxygen atoms in total. The third kappa shape index (κ3) is 2.24. The summed E-state index contributed by atoms with van der Waals surface area (Å²) < 4.78 is 6.03. The Bertz CT molecular complexity index is 440. The van der Waals surface area contributed by atoms with Crippen molar-refractivity contribution < 1.29 is 9.53 Å². The summed E-state index contributed by atoms with van der Waals surface area (Å²) in [6.07, 6.45) is 2.58. The van der Waals surface area contributed by atoms with Crippen LogP contribution in [0.3, 0.4) is 0 Å². The monoisotopic (exact) mass is 286 g/mol. The molecule has 15 heavy (non-hydrogen) atoms. The first-order valence-corrected chi connectivity index (χ1v) is 5.68. The van der Waals surface area contributed by atoms with Crippen molar-refractivity contribution in [3.05, 3.63) is 45.1 Å². The van der Waals surface area contributed by atoms with Crippen LogP contribution >= 0.6 is 27.5 Å². The molecule has 2 rings (SSSR count). The average molecular weight is 288 g/mol. The fraction of sp³-hybridized carbons (Fsp3) is 0.182. The predicted octanol–water partition coefficient (Wildman–Crippen LogP) is 3.59. The van der Waals surface area contributed by atoms with E-state index in [4.69, 9.17) is 16.3 Å². The zero-order valence-corrected chi connectivity index (χ0v) is 10.1. The fourth-order valence-corrected chi connectivity index (χ4v) is 1.94. The normalized spacial score (nSPS) is 14.7. The van der Waals surface area contributed by atoms with Crippen molar-refractivity contribution in [3.63, 3.8) is 0 Å². The summed E-state index contributed by atoms with van der Waals surface area (Å²) in [7, 11) is 0. The molecule has 0 spiro atoms. The molecule has 0 saturated carbocycles. The van der Waals surface area contributed by atoms with Crippen molar-refractivity contribution in [2.45, 2.75) is 6.42 Å². The Labute approximate surface area is 101 Å². The van der Waals surface area contributed by atoms with Crippen LogP contribution in [-0.2, 0) is 4.74 Å². The first-order valence-electron chi connectivity index (χ1n) is 4.51. The summed E-state index contributed by atoms with van der Waals surface area (Å²) in [4.78, 5) is 11.9. The van der Waals surface area contributed by atoms with E-state index in [0.717, 1.165) is 10.9 Å². The van der Waals surface area contributed by atoms with Crippen molar-refractivity contribution in [2.75, 3.05) is 6.61 Å². The summed E-state index contributed by atoms with van der Waals surface area (Å²) in [5.41, 5.74) is 0.471. The van der Waals surface area contributed by atoms with Crippen LogP contribution in [0.1, 0.15) is 16.8 Å². The smallest absolute Gasteiger partial charge is 0.228 e. The lowest BCUT2D eigenvalue weighted by atomic mass is 10.1. The van der Waals surface area contributed by atoms with Crippen molar-refractivity contribution in [3.8, 4) is 0 Å². The van der Waals surface area contributed by atoms with Gasteiger partial charge >= 0.3 is 0 Å². The number of halogens is 2. The van der Waals surface area contributed by atoms with Gasteiger partial charge in [-0.3, -0.25) is 4.79 Å². The molecule has 0 N–H and O–H groups in total. The number of ether oxygens (including phenoxy) is 1. The Balaban J connectivity index is 2.36. The zero-order chi connectivity index (χ0) is 10.8. The molecular formula is C11H8BrClO2. The van der Waals surface area contributed by atoms with E-state index in [9.17, 15) is 4.79 Å². The molecule has 0 radical (unpaired) electrons. The molecule has 0 aromatic heterocycles. The van der Waals surface area contributed by atoms with Gasteiger partial charge in [-0.05, 0) is 24.3 Å². The van der Waals surface area contributed by atoms with Crippen LogP contribution in [0.15, 0.2) is 34.5 Å². The average Bonchev–Trinajstić information content (AvgIpc) is 2.74. The van der Waals surface area contributed by atoms with Gasteiger partial charge in [0.2, 0.25) is 5.78 Å². The lowest BCUT2D eigenvalue weighted by Gasteiger charge is -2.05. The lowest BCUT2D eigenvalue weighted by molar-refractivity contribution is 0.0942. The van der Waals surface area contributed by atoms with Gasteiger partial charge in [-0.2, -0.15) is 0 Å². The van der Waals surface area contributed by atoms with Gasteiger partial charge in [0.05, 0.1) is 11.6 Å². The maximum atomic E-state index is 11.9. The second-order valence-electron chi connectivity index (χ2n) is 3.16. The summed E-state index contributed by atoms with van der Waals surface area (Å²) in [6, 6.07) is 5.19. The minimum atomic E-state index is -0.154. The number of rotatable bonds is 2. The van der Waals surface area contributed by atoms with Crippen molar-refractivity contribution in [1.29, 1.82) is 0 Å². The quantitative estimate of drug-likeness (QED) is 0.777. The van der Waals surface area contributed by atoms with Crippen LogP contribution in [0.5, 0.6) is 0 Å². The first-order chi connectivity index (χ1) is 7.18. The van der Waals surface area contributed by atoms with E-state index >= 15 is 0 Å². The van der Waals surface area contributed by atoms with Gasteiger partial charge in [0.25, 0.3) is 0 Å². The van der Waals surface area contributed by atoms with Gasteiger partial charge in [0.1, 0.15) is 0 Å². The molecule has 0 aliphatic carbocycles. The largest absolute Gasteiger partial charge is 0.489 e. The third-order valence-corrected chi connectivity index (χ3v) is 2.92. The third-order valence-electron chi connectivity index (χ3n) is 2.10. The molecule has 0 amide bonds. The summed E-state index contributed by atoms with van der Waals surface area (Å²) in [5, 5.41) is 0.444. The highest BCUT2D eigenvalue weighted by Crippen LogP contribution is 2.25. The van der Waals surface area contributed by atoms with Crippen LogP contribution in [0.4, 0.5) is 0 Å². The number of hydrogen-bond donors (Lipinski definition) is 0. The lowest BCUT2D eigenvalue weighted by Crippen LogP contribution is -2.04. The van der Waals surface area contributed by atoms with Crippen LogP contribution in [0.25, 0.3) is 0 Å². The molecule has 78 valence electrons. The van der Waals surface area contributed by atoms with Crippen LogP contribution in [0.2, 0.25) is 5.02 Å². The van der Waals surface area contributed by atoms with Crippen molar-refractivity contribution >= 4 is 33.3 Å². The highest BCUT2D eigenvalue weighted by molar-refractivity contribution is 9.10. The molecule has 1 aromatic carbocycles. The minimum Gasteiger partial charge on any atom is -0.489 e. The SMILES string of the molecule is O=C(C1=CCCO1)c1cc(Br)ccc1Cl. The second-order valence-corrected chi connectivity index (χ2v) is 4.48. The first kappa shape index (κ1) is 10.7. The molecule has 4 heteroatoms. The standard InChI is InChI=1S/C11H8BrClO2/c12-7-3-4-9(13)8(6-7)11(14)10-2-1-5-15-10/h2-4,6H,1,5H2. The maximum absolute atomic E-state index is 11.9. The number of carbonyl (C=O) groups excluding carboxylic acids is 1. The molecule has 1 aliphatic heterocycles. The number of carbonyl (C=O) groups is 1. The molecule has 1 aromatic rings. The molecule has 0 saturated heterocycles. The Morgan fingerprint density at radius 3 is 2.93 bits per heavy atom. The number of allylic oxidation sites excluding steroid dienone is 1. The molecule has 0 bridgehead atoms. The van der Waals surface area contributed by atoms with Crippen LogP contribution in [0, 0.1) is 0 Å². The molecule has 0 atom stereocenters. The molecule has 0 fully saturated rings. The van der Waals surface area contributed by atoms with Crippen LogP contribution < -0.4 is 0 Å². The van der Waals surface area contributed by atoms with Gasteiger partial charge in [-0.25, -0.2) is 0 Å². The van der Waals surface area contributed by atoms with E-state index in [1.165, 1.54) is 0 Å². The number of Topliss-reactive ketones (excluding diaryl/α,β-unsaturated/α-hetero) is 1. The summed E-state index contributed by atoms with van der Waals surface area (Å²) >= 11 is 9.25. The summed E-state index contributed by atoms with van der Waals surface area (Å²) in [6.45, 7) is 0.576. The predicted molar refractivity (Wildman–Crippen MR) is 62.1 cm³/mol. The highest BCUT2D eigenvalue weighted by Gasteiger charge is 2.19. The Kier molecular flexibility index (Phi) is 3.12. The van der Waals surface area contributed by atoms with Crippen molar-refractivity contribution in [1.82, 2.24) is 0 Å². The topological polar surface area (TPSA) is 26.3 Å². The summed E-state index contributed by atoms with van der Waals surface area (Å²) in [5.74, 6) is 0.244. The van der Waals surface area contributed by atoms with Gasteiger partial charge < -0.3 is 4.74 Å². The van der Waals surface area contributed by atoms with E-state index in [0.29, 0.717) is 23.0 Å². The van der Waals surface area contributed by atoms with E-state index < -0.39 is 0 Å². The van der Waals surface area contributed by atoms with E-state index in [-0.39, 0.29) is 5.78 Å². The van der Waals surface area contributed by atoms with Gasteiger partial charge in [-0.1, -0.05) is 27.5 Å². The Morgan fingerprint density at radius 2 is 2.27 bits per heavy atom. The van der Waals surface area contributed by atoms with Gasteiger partial charge in [-0.15, -0.1) is 0 Å². The fourth-order valence-electron chi connectivity index (χ4n) is 1.38. The minimum absolute atomic E-state index is 0.154. The highest BCUT2D eigenvalue weighted by atomic mass is 79.9. The van der Waals surface area contributed by atoms with Crippen LogP contribution in [-0.4, -0.2) is 12.4 Å². The second kappa shape index (κ2) is 4.37. The Morgan fingerprint density at radius 1 is 1.47 bits per heavy atom. The zero-order valence-electron chi connectivity index (χ0n) is 7.80. The van der Waals surface area contributed by atoms with Crippen molar-refractivity contribution in [2.24, 2.45) is 0 Å². The molecule has 1 aliphatic rings. The van der Waals surface area contributed by atoms with E-state index in [2.05, 4.69) is 15.9 Å². The molecule has 1 heterocycles. The molecular weight excluding hydrogens is 279 g/mol. The van der Waals surface area contributed by atoms with Gasteiger partial charge in [0.15, 0.2) is 5.76 Å². The maximum Gasteiger partial charge on any atom is 0.228 e. The number of benzene rings is 1. The van der Waals surface area contributed by atoms with E-state index in [1.807, 2.05) is 0 Å². The molecule has 0 unspecified atom stereocenters. The number of hydrogen-bond acceptors (Lipinski definition) is 2. The van der Waals surface area contributed by atoms with E-state index in [1.54, 1.807) is 24.3 Å². The Hall–Kier alpha value is -0.800. The number of ketones is 1. The van der Waals surface area contributed by atoms with Gasteiger partial charge in [0, 0.05) is 16.5 Å².